The van der Waals surface area contributed by atoms with E-state index in [9.17, 15) is 8.78 Å². The van der Waals surface area contributed by atoms with Gasteiger partial charge in [0, 0.05) is 18.8 Å². The summed E-state index contributed by atoms with van der Waals surface area (Å²) in [4.78, 5) is 12.0. The molecule has 4 aromatic heterocycles. The van der Waals surface area contributed by atoms with Crippen molar-refractivity contribution in [2.45, 2.75) is 0 Å². The van der Waals surface area contributed by atoms with Gasteiger partial charge in [-0.15, -0.1) is 0 Å². The molecule has 10 heteroatoms. The van der Waals surface area contributed by atoms with Crippen molar-refractivity contribution in [3.63, 3.8) is 0 Å². The van der Waals surface area contributed by atoms with Crippen molar-refractivity contribution in [1.29, 1.82) is 0 Å². The number of aromatic nitrogens is 7. The van der Waals surface area contributed by atoms with Crippen molar-refractivity contribution < 1.29 is 8.78 Å². The zero-order valence-electron chi connectivity index (χ0n) is 12.3. The van der Waals surface area contributed by atoms with Crippen molar-refractivity contribution in [2.75, 3.05) is 5.73 Å². The predicted octanol–water partition coefficient (Wildman–Crippen LogP) is 1.68. The van der Waals surface area contributed by atoms with Crippen molar-refractivity contribution in [1.82, 2.24) is 34.9 Å². The smallest absolute Gasteiger partial charge is 0.191 e. The number of pyridine rings is 1. The maximum absolute atomic E-state index is 14.3. The molecule has 0 aliphatic carbocycles. The van der Waals surface area contributed by atoms with E-state index in [-0.39, 0.29) is 17.3 Å². The summed E-state index contributed by atoms with van der Waals surface area (Å²) >= 11 is 0. The molecule has 4 heterocycles. The van der Waals surface area contributed by atoms with Gasteiger partial charge in [-0.1, -0.05) is 0 Å². The average Bonchev–Trinajstić information content (AvgIpc) is 3.16. The molecule has 0 fully saturated rings. The van der Waals surface area contributed by atoms with E-state index in [4.69, 9.17) is 5.73 Å². The number of nitrogen functional groups attached to an aromatic ring is 1. The largest absolute Gasteiger partial charge is 0.381 e. The quantitative estimate of drug-likeness (QED) is 0.579. The number of halogens is 2. The Labute approximate surface area is 133 Å². The van der Waals surface area contributed by atoms with Gasteiger partial charge < -0.3 is 5.73 Å². The van der Waals surface area contributed by atoms with Gasteiger partial charge in [-0.3, -0.25) is 9.78 Å². The van der Waals surface area contributed by atoms with E-state index in [1.54, 1.807) is 13.2 Å². The molecule has 0 spiro atoms. The molecule has 0 aliphatic heterocycles. The lowest BCUT2D eigenvalue weighted by molar-refractivity contribution is 0.623. The Morgan fingerprint density at radius 2 is 2.04 bits per heavy atom. The first-order valence-electron chi connectivity index (χ1n) is 6.85. The second-order valence-corrected chi connectivity index (χ2v) is 5.12. The van der Waals surface area contributed by atoms with Gasteiger partial charge in [-0.25, -0.2) is 23.7 Å². The molecule has 0 radical (unpaired) electrons. The van der Waals surface area contributed by atoms with Crippen LogP contribution in [-0.2, 0) is 7.05 Å². The van der Waals surface area contributed by atoms with E-state index in [1.165, 1.54) is 16.9 Å². The first-order chi connectivity index (χ1) is 11.5. The van der Waals surface area contributed by atoms with E-state index in [2.05, 4.69) is 30.2 Å². The minimum atomic E-state index is -0.750. The van der Waals surface area contributed by atoms with Crippen molar-refractivity contribution in [3.8, 4) is 22.8 Å². The summed E-state index contributed by atoms with van der Waals surface area (Å²) in [6.07, 6.45) is 4.11. The lowest BCUT2D eigenvalue weighted by atomic mass is 10.2. The van der Waals surface area contributed by atoms with Gasteiger partial charge >= 0.3 is 0 Å². The summed E-state index contributed by atoms with van der Waals surface area (Å²) in [5.74, 6) is -1.53. The normalized spacial score (nSPS) is 11.3. The Morgan fingerprint density at radius 3 is 2.79 bits per heavy atom. The fourth-order valence-corrected chi connectivity index (χ4v) is 2.36. The van der Waals surface area contributed by atoms with Gasteiger partial charge in [0.2, 0.25) is 0 Å². The predicted molar refractivity (Wildman–Crippen MR) is 81.4 cm³/mol. The summed E-state index contributed by atoms with van der Waals surface area (Å²) < 4.78 is 29.3. The van der Waals surface area contributed by atoms with Crippen LogP contribution in [0.4, 0.5) is 14.6 Å². The third-order valence-electron chi connectivity index (χ3n) is 3.46. The fourth-order valence-electron chi connectivity index (χ4n) is 2.36. The first kappa shape index (κ1) is 14.2. The van der Waals surface area contributed by atoms with Crippen LogP contribution in [0, 0.1) is 11.6 Å². The first-order valence-corrected chi connectivity index (χ1v) is 6.85. The number of rotatable bonds is 2. The Morgan fingerprint density at radius 1 is 1.21 bits per heavy atom. The molecule has 0 bridgehead atoms. The SMILES string of the molecule is Cn1cc(-c2nc(-c3[nH]nc4ncc(F)cc34)nc(N)c2F)cn1. The number of anilines is 1. The van der Waals surface area contributed by atoms with Crippen LogP contribution >= 0.6 is 0 Å². The van der Waals surface area contributed by atoms with E-state index in [1.807, 2.05) is 0 Å². The molecule has 0 unspecified atom stereocenters. The van der Waals surface area contributed by atoms with Crippen LogP contribution in [0.15, 0.2) is 24.7 Å². The fraction of sp³-hybridized carbons (Fsp3) is 0.0714. The van der Waals surface area contributed by atoms with E-state index in [0.29, 0.717) is 22.3 Å². The third kappa shape index (κ3) is 2.16. The number of hydrogen-bond acceptors (Lipinski definition) is 6. The number of aromatic amines is 1. The Balaban J connectivity index is 1.95. The monoisotopic (exact) mass is 328 g/mol. The van der Waals surface area contributed by atoms with Crippen LogP contribution in [0.3, 0.4) is 0 Å². The van der Waals surface area contributed by atoms with Crippen molar-refractivity contribution in [3.05, 3.63) is 36.3 Å². The second-order valence-electron chi connectivity index (χ2n) is 5.12. The van der Waals surface area contributed by atoms with E-state index < -0.39 is 11.6 Å². The molecule has 4 aromatic rings. The molecule has 0 saturated carbocycles. The zero-order chi connectivity index (χ0) is 16.8. The van der Waals surface area contributed by atoms with E-state index in [0.717, 1.165) is 6.20 Å². The number of nitrogens with one attached hydrogen (secondary N) is 1. The number of fused-ring (bicyclic) bond motifs is 1. The molecule has 120 valence electrons. The van der Waals surface area contributed by atoms with Crippen LogP contribution in [0.25, 0.3) is 33.8 Å². The molecular formula is C14H10F2N8. The summed E-state index contributed by atoms with van der Waals surface area (Å²) in [6.45, 7) is 0. The third-order valence-corrected chi connectivity index (χ3v) is 3.46. The minimum Gasteiger partial charge on any atom is -0.381 e. The van der Waals surface area contributed by atoms with Gasteiger partial charge in [0.25, 0.3) is 0 Å². The molecule has 4 rings (SSSR count). The molecule has 8 nitrogen and oxygen atoms in total. The minimum absolute atomic E-state index is 0.00212. The second kappa shape index (κ2) is 5.05. The standard InChI is InChI=1S/C14H10F2N8/c1-24-5-6(3-19-24)10-9(16)12(17)21-14(20-10)11-8-2-7(15)4-18-13(8)23-22-11/h2-5H,1H3,(H2,17,20,21)(H,18,22,23). The maximum Gasteiger partial charge on any atom is 0.191 e. The van der Waals surface area contributed by atoms with Gasteiger partial charge in [0.15, 0.2) is 23.1 Å². The Bertz CT molecular complexity index is 1070. The molecule has 0 saturated heterocycles. The number of aryl methyl sites for hydroxylation is 1. The van der Waals surface area contributed by atoms with Crippen LogP contribution in [-0.4, -0.2) is 34.9 Å². The number of H-pyrrole nitrogens is 1. The molecule has 0 atom stereocenters. The highest BCUT2D eigenvalue weighted by Gasteiger charge is 2.19. The van der Waals surface area contributed by atoms with Gasteiger partial charge in [-0.05, 0) is 6.07 Å². The van der Waals surface area contributed by atoms with Crippen molar-refractivity contribution in [2.24, 2.45) is 7.05 Å². The topological polar surface area (TPSA) is 111 Å². The number of nitrogens with two attached hydrogens (primary N) is 1. The molecule has 3 N–H and O–H groups in total. The molecule has 0 amide bonds. The average molecular weight is 328 g/mol. The van der Waals surface area contributed by atoms with Crippen LogP contribution < -0.4 is 5.73 Å². The van der Waals surface area contributed by atoms with Gasteiger partial charge in [-0.2, -0.15) is 10.2 Å². The highest BCUT2D eigenvalue weighted by Crippen LogP contribution is 2.29. The highest BCUT2D eigenvalue weighted by molar-refractivity contribution is 5.89. The molecule has 0 aromatic carbocycles. The Hall–Kier alpha value is -3.43. The highest BCUT2D eigenvalue weighted by atomic mass is 19.1. The van der Waals surface area contributed by atoms with Gasteiger partial charge in [0.1, 0.15) is 17.2 Å². The molecule has 0 aliphatic rings. The lowest BCUT2D eigenvalue weighted by Crippen LogP contribution is -2.03. The van der Waals surface area contributed by atoms with Crippen LogP contribution in [0.2, 0.25) is 0 Å². The lowest BCUT2D eigenvalue weighted by Gasteiger charge is -2.05. The molecule has 24 heavy (non-hydrogen) atoms. The van der Waals surface area contributed by atoms with E-state index >= 15 is 0 Å². The zero-order valence-corrected chi connectivity index (χ0v) is 12.3. The summed E-state index contributed by atoms with van der Waals surface area (Å²) in [5, 5.41) is 11.0. The van der Waals surface area contributed by atoms with Gasteiger partial charge in [0.05, 0.1) is 17.8 Å². The molecular weight excluding hydrogens is 318 g/mol. The Kier molecular flexibility index (Phi) is 2.98. The summed E-state index contributed by atoms with van der Waals surface area (Å²) in [5.41, 5.74) is 6.70. The van der Waals surface area contributed by atoms with Crippen LogP contribution in [0.1, 0.15) is 0 Å². The summed E-state index contributed by atoms with van der Waals surface area (Å²) in [7, 11) is 1.70. The number of hydrogen-bond donors (Lipinski definition) is 2. The summed E-state index contributed by atoms with van der Waals surface area (Å²) in [6, 6.07) is 1.24. The van der Waals surface area contributed by atoms with Crippen molar-refractivity contribution >= 4 is 16.9 Å². The number of nitrogens with zero attached hydrogens (tertiary/aromatic N) is 6. The van der Waals surface area contributed by atoms with Crippen LogP contribution in [0.5, 0.6) is 0 Å². The maximum atomic E-state index is 14.3.